The lowest BCUT2D eigenvalue weighted by molar-refractivity contribution is -0.117. The minimum absolute atomic E-state index is 0.146. The summed E-state index contributed by atoms with van der Waals surface area (Å²) in [5.74, 6) is 1.40. The smallest absolute Gasteiger partial charge is 0.227 e. The van der Waals surface area contributed by atoms with Crippen molar-refractivity contribution in [2.75, 3.05) is 11.4 Å². The van der Waals surface area contributed by atoms with Gasteiger partial charge in [-0.05, 0) is 42.7 Å². The molecule has 140 valence electrons. The number of anilines is 1. The number of para-hydroxylation sites is 2. The number of fused-ring (bicyclic) bond motifs is 1. The molecule has 1 saturated heterocycles. The summed E-state index contributed by atoms with van der Waals surface area (Å²) in [5, 5.41) is 0. The van der Waals surface area contributed by atoms with E-state index in [-0.39, 0.29) is 11.8 Å². The van der Waals surface area contributed by atoms with E-state index in [1.165, 1.54) is 11.1 Å². The van der Waals surface area contributed by atoms with Crippen molar-refractivity contribution in [1.82, 2.24) is 9.55 Å². The molecule has 1 fully saturated rings. The van der Waals surface area contributed by atoms with Crippen molar-refractivity contribution in [2.24, 2.45) is 0 Å². The SMILES string of the molecule is CCCCn1c([C@H]2CC(=O)N(c3ccc(CC)cc3)C2)nc2ccccc21. The monoisotopic (exact) mass is 361 g/mol. The van der Waals surface area contributed by atoms with E-state index < -0.39 is 0 Å². The van der Waals surface area contributed by atoms with Gasteiger partial charge in [0.05, 0.1) is 11.0 Å². The van der Waals surface area contributed by atoms with Crippen molar-refractivity contribution in [3.63, 3.8) is 0 Å². The van der Waals surface area contributed by atoms with Gasteiger partial charge in [0.1, 0.15) is 5.82 Å². The van der Waals surface area contributed by atoms with Crippen LogP contribution in [0, 0.1) is 0 Å². The van der Waals surface area contributed by atoms with Crippen molar-refractivity contribution < 1.29 is 4.79 Å². The van der Waals surface area contributed by atoms with Crippen molar-refractivity contribution >= 4 is 22.6 Å². The van der Waals surface area contributed by atoms with Crippen LogP contribution in [0.5, 0.6) is 0 Å². The molecule has 0 aliphatic carbocycles. The molecular formula is C23H27N3O. The van der Waals surface area contributed by atoms with Gasteiger partial charge < -0.3 is 9.47 Å². The first-order valence-corrected chi connectivity index (χ1v) is 10.1. The van der Waals surface area contributed by atoms with Gasteiger partial charge in [-0.1, -0.05) is 44.5 Å². The van der Waals surface area contributed by atoms with Crippen LogP contribution in [0.4, 0.5) is 5.69 Å². The van der Waals surface area contributed by atoms with Gasteiger partial charge in [0, 0.05) is 31.1 Å². The van der Waals surface area contributed by atoms with Gasteiger partial charge in [0.25, 0.3) is 0 Å². The summed E-state index contributed by atoms with van der Waals surface area (Å²) in [4.78, 5) is 19.6. The molecule has 0 saturated carbocycles. The highest BCUT2D eigenvalue weighted by Crippen LogP contribution is 2.33. The predicted molar refractivity (Wildman–Crippen MR) is 110 cm³/mol. The molecule has 4 nitrogen and oxygen atoms in total. The number of rotatable bonds is 6. The summed E-state index contributed by atoms with van der Waals surface area (Å²) in [5.41, 5.74) is 4.50. The highest BCUT2D eigenvalue weighted by atomic mass is 16.2. The molecule has 0 bridgehead atoms. The summed E-state index contributed by atoms with van der Waals surface area (Å²) < 4.78 is 2.33. The van der Waals surface area contributed by atoms with Gasteiger partial charge in [-0.2, -0.15) is 0 Å². The molecule has 3 aromatic rings. The van der Waals surface area contributed by atoms with Crippen LogP contribution in [0.15, 0.2) is 48.5 Å². The maximum Gasteiger partial charge on any atom is 0.227 e. The Balaban J connectivity index is 1.65. The van der Waals surface area contributed by atoms with Gasteiger partial charge in [-0.25, -0.2) is 4.98 Å². The Labute approximate surface area is 160 Å². The first kappa shape index (κ1) is 17.8. The maximum absolute atomic E-state index is 12.7. The normalized spacial score (nSPS) is 17.2. The van der Waals surface area contributed by atoms with Crippen LogP contribution in [0.2, 0.25) is 0 Å². The van der Waals surface area contributed by atoms with Gasteiger partial charge >= 0.3 is 0 Å². The third-order valence-corrected chi connectivity index (χ3v) is 5.57. The third kappa shape index (κ3) is 3.36. The lowest BCUT2D eigenvalue weighted by Gasteiger charge is -2.18. The molecule has 1 atom stereocenters. The third-order valence-electron chi connectivity index (χ3n) is 5.57. The highest BCUT2D eigenvalue weighted by Gasteiger charge is 2.34. The predicted octanol–water partition coefficient (Wildman–Crippen LogP) is 4.92. The van der Waals surface area contributed by atoms with Crippen LogP contribution in [0.25, 0.3) is 11.0 Å². The number of amides is 1. The fourth-order valence-electron chi connectivity index (χ4n) is 4.00. The van der Waals surface area contributed by atoms with Crippen LogP contribution in [-0.2, 0) is 17.8 Å². The number of unbranched alkanes of at least 4 members (excludes halogenated alkanes) is 1. The zero-order valence-corrected chi connectivity index (χ0v) is 16.2. The van der Waals surface area contributed by atoms with E-state index in [9.17, 15) is 4.79 Å². The van der Waals surface area contributed by atoms with Crippen LogP contribution in [-0.4, -0.2) is 22.0 Å². The number of carbonyl (C=O) groups excluding carboxylic acids is 1. The fraction of sp³-hybridized carbons (Fsp3) is 0.391. The van der Waals surface area contributed by atoms with Crippen molar-refractivity contribution in [3.05, 3.63) is 59.9 Å². The Kier molecular flexibility index (Phi) is 4.97. The number of benzene rings is 2. The quantitative estimate of drug-likeness (QED) is 0.625. The molecule has 1 aliphatic rings. The van der Waals surface area contributed by atoms with Crippen LogP contribution < -0.4 is 4.90 Å². The largest absolute Gasteiger partial charge is 0.328 e. The lowest BCUT2D eigenvalue weighted by atomic mass is 10.1. The van der Waals surface area contributed by atoms with Crippen LogP contribution in [0.1, 0.15) is 50.4 Å². The first-order chi connectivity index (χ1) is 13.2. The molecule has 4 rings (SSSR count). The van der Waals surface area contributed by atoms with E-state index in [2.05, 4.69) is 60.9 Å². The first-order valence-electron chi connectivity index (χ1n) is 10.1. The van der Waals surface area contributed by atoms with E-state index >= 15 is 0 Å². The number of hydrogen-bond donors (Lipinski definition) is 0. The van der Waals surface area contributed by atoms with Gasteiger partial charge in [0.2, 0.25) is 5.91 Å². The van der Waals surface area contributed by atoms with Crippen molar-refractivity contribution in [2.45, 2.75) is 52.0 Å². The molecule has 2 aromatic carbocycles. The standard InChI is InChI=1S/C23H27N3O/c1-3-5-14-25-21-9-7-6-8-20(21)24-23(25)18-15-22(27)26(16-18)19-12-10-17(4-2)11-13-19/h6-13,18H,3-5,14-16H2,1-2H3/t18-/m0/s1. The molecule has 0 N–H and O–H groups in total. The second-order valence-electron chi connectivity index (χ2n) is 7.39. The Morgan fingerprint density at radius 3 is 2.59 bits per heavy atom. The zero-order chi connectivity index (χ0) is 18.8. The summed E-state index contributed by atoms with van der Waals surface area (Å²) in [6.45, 7) is 6.02. The van der Waals surface area contributed by atoms with Crippen molar-refractivity contribution in [1.29, 1.82) is 0 Å². The van der Waals surface area contributed by atoms with E-state index in [1.807, 2.05) is 11.0 Å². The molecular weight excluding hydrogens is 334 g/mol. The molecule has 2 heterocycles. The summed E-state index contributed by atoms with van der Waals surface area (Å²) in [6.07, 6.45) is 3.81. The Bertz CT molecular complexity index is 942. The highest BCUT2D eigenvalue weighted by molar-refractivity contribution is 5.96. The minimum atomic E-state index is 0.146. The average molecular weight is 361 g/mol. The van der Waals surface area contributed by atoms with Crippen LogP contribution in [0.3, 0.4) is 0 Å². The van der Waals surface area contributed by atoms with Gasteiger partial charge in [0.15, 0.2) is 0 Å². The molecule has 4 heteroatoms. The fourth-order valence-corrected chi connectivity index (χ4v) is 4.00. The molecule has 27 heavy (non-hydrogen) atoms. The number of nitrogens with zero attached hydrogens (tertiary/aromatic N) is 3. The Morgan fingerprint density at radius 2 is 1.85 bits per heavy atom. The molecule has 0 unspecified atom stereocenters. The topological polar surface area (TPSA) is 38.1 Å². The average Bonchev–Trinajstić information content (AvgIpc) is 3.27. The number of hydrogen-bond acceptors (Lipinski definition) is 2. The molecule has 0 spiro atoms. The van der Waals surface area contributed by atoms with Crippen molar-refractivity contribution in [3.8, 4) is 0 Å². The number of aryl methyl sites for hydroxylation is 2. The number of imidazole rings is 1. The number of carbonyl (C=O) groups is 1. The lowest BCUT2D eigenvalue weighted by Crippen LogP contribution is -2.24. The molecule has 0 radical (unpaired) electrons. The Morgan fingerprint density at radius 1 is 1.07 bits per heavy atom. The molecule has 1 aliphatic heterocycles. The Hall–Kier alpha value is -2.62. The summed E-state index contributed by atoms with van der Waals surface area (Å²) in [6, 6.07) is 16.7. The minimum Gasteiger partial charge on any atom is -0.328 e. The van der Waals surface area contributed by atoms with Gasteiger partial charge in [-0.15, -0.1) is 0 Å². The van der Waals surface area contributed by atoms with E-state index in [0.29, 0.717) is 13.0 Å². The van der Waals surface area contributed by atoms with Gasteiger partial charge in [-0.3, -0.25) is 4.79 Å². The summed E-state index contributed by atoms with van der Waals surface area (Å²) >= 11 is 0. The second kappa shape index (κ2) is 7.55. The molecule has 1 aromatic heterocycles. The molecule has 1 amide bonds. The number of aromatic nitrogens is 2. The van der Waals surface area contributed by atoms with E-state index in [1.54, 1.807) is 0 Å². The summed E-state index contributed by atoms with van der Waals surface area (Å²) in [7, 11) is 0. The van der Waals surface area contributed by atoms with E-state index in [0.717, 1.165) is 42.8 Å². The zero-order valence-electron chi connectivity index (χ0n) is 16.2. The second-order valence-corrected chi connectivity index (χ2v) is 7.39. The van der Waals surface area contributed by atoms with Crippen LogP contribution >= 0.6 is 0 Å². The maximum atomic E-state index is 12.7. The van der Waals surface area contributed by atoms with E-state index in [4.69, 9.17) is 4.98 Å².